The Morgan fingerprint density at radius 3 is 2.76 bits per heavy atom. The van der Waals surface area contributed by atoms with Gasteiger partial charge in [-0.15, -0.1) is 0 Å². The molecule has 0 spiro atoms. The zero-order chi connectivity index (χ0) is 22.9. The lowest BCUT2D eigenvalue weighted by atomic mass is 9.96. The van der Waals surface area contributed by atoms with E-state index >= 15 is 0 Å². The molecule has 0 radical (unpaired) electrons. The van der Waals surface area contributed by atoms with Gasteiger partial charge in [-0.05, 0) is 61.8 Å². The van der Waals surface area contributed by atoms with Crippen LogP contribution in [-0.2, 0) is 12.8 Å². The third-order valence-electron chi connectivity index (χ3n) is 6.70. The van der Waals surface area contributed by atoms with Gasteiger partial charge in [-0.25, -0.2) is 15.0 Å². The summed E-state index contributed by atoms with van der Waals surface area (Å²) in [5, 5.41) is 3.90. The highest BCUT2D eigenvalue weighted by atomic mass is 35.5. The van der Waals surface area contributed by atoms with E-state index in [9.17, 15) is 0 Å². The monoisotopic (exact) mass is 471 g/mol. The predicted octanol–water partition coefficient (Wildman–Crippen LogP) is 6.24. The SMILES string of the molecule is Clc1cn(-c2ccc3cc2OCCCCCc2nc(nc4c2CCC4c2ccccc2)N3)cn1. The lowest BCUT2D eigenvalue weighted by Gasteiger charge is -2.16. The zero-order valence-corrected chi connectivity index (χ0v) is 19.6. The van der Waals surface area contributed by atoms with Crippen LogP contribution in [0.5, 0.6) is 5.75 Å². The second-order valence-electron chi connectivity index (χ2n) is 8.93. The number of aromatic nitrogens is 4. The number of aryl methyl sites for hydroxylation is 1. The first-order chi connectivity index (χ1) is 16.7. The number of anilines is 2. The van der Waals surface area contributed by atoms with E-state index in [1.54, 1.807) is 12.5 Å². The molecule has 0 saturated heterocycles. The van der Waals surface area contributed by atoms with Gasteiger partial charge < -0.3 is 14.6 Å². The van der Waals surface area contributed by atoms with Gasteiger partial charge >= 0.3 is 0 Å². The maximum Gasteiger partial charge on any atom is 0.227 e. The van der Waals surface area contributed by atoms with Gasteiger partial charge in [0.05, 0.1) is 18.0 Å². The van der Waals surface area contributed by atoms with Crippen molar-refractivity contribution >= 4 is 23.2 Å². The number of hydrogen-bond acceptors (Lipinski definition) is 5. The van der Waals surface area contributed by atoms with Gasteiger partial charge in [0.25, 0.3) is 0 Å². The minimum absolute atomic E-state index is 0.321. The van der Waals surface area contributed by atoms with Crippen LogP contribution in [0, 0.1) is 0 Å². The molecule has 1 unspecified atom stereocenters. The molecule has 1 N–H and O–H groups in total. The Hall–Kier alpha value is -3.38. The van der Waals surface area contributed by atoms with Crippen LogP contribution >= 0.6 is 11.6 Å². The van der Waals surface area contributed by atoms with Crippen LogP contribution in [-0.4, -0.2) is 26.1 Å². The molecule has 2 aliphatic rings. The topological polar surface area (TPSA) is 64.9 Å². The van der Waals surface area contributed by atoms with Crippen molar-refractivity contribution < 1.29 is 4.74 Å². The quantitative estimate of drug-likeness (QED) is 0.374. The van der Waals surface area contributed by atoms with Crippen LogP contribution < -0.4 is 10.1 Å². The Balaban J connectivity index is 1.40. The van der Waals surface area contributed by atoms with Gasteiger partial charge in [-0.3, -0.25) is 0 Å². The second-order valence-corrected chi connectivity index (χ2v) is 9.32. The summed E-state index contributed by atoms with van der Waals surface area (Å²) in [6.07, 6.45) is 9.76. The lowest BCUT2D eigenvalue weighted by molar-refractivity contribution is 0.304. The van der Waals surface area contributed by atoms with E-state index in [1.165, 1.54) is 22.5 Å². The maximum atomic E-state index is 6.20. The highest BCUT2D eigenvalue weighted by molar-refractivity contribution is 6.29. The Morgan fingerprint density at radius 2 is 1.91 bits per heavy atom. The zero-order valence-electron chi connectivity index (χ0n) is 18.9. The summed E-state index contributed by atoms with van der Waals surface area (Å²) >= 11 is 6.05. The van der Waals surface area contributed by atoms with Gasteiger partial charge in [0.1, 0.15) is 17.2 Å². The molecule has 0 saturated carbocycles. The fourth-order valence-electron chi connectivity index (χ4n) is 5.04. The fourth-order valence-corrected chi connectivity index (χ4v) is 5.19. The normalized spacial score (nSPS) is 17.5. The van der Waals surface area contributed by atoms with Gasteiger partial charge in [-0.2, -0.15) is 0 Å². The van der Waals surface area contributed by atoms with E-state index in [4.69, 9.17) is 26.3 Å². The number of rotatable bonds is 2. The molecule has 34 heavy (non-hydrogen) atoms. The largest absolute Gasteiger partial charge is 0.491 e. The van der Waals surface area contributed by atoms with Crippen LogP contribution in [0.3, 0.4) is 0 Å². The molecule has 6 nitrogen and oxygen atoms in total. The van der Waals surface area contributed by atoms with E-state index in [2.05, 4.69) is 40.6 Å². The summed E-state index contributed by atoms with van der Waals surface area (Å²) < 4.78 is 8.08. The van der Waals surface area contributed by atoms with Gasteiger partial charge in [0.15, 0.2) is 0 Å². The van der Waals surface area contributed by atoms with Crippen molar-refractivity contribution in [3.8, 4) is 11.4 Å². The van der Waals surface area contributed by atoms with Gasteiger partial charge in [0.2, 0.25) is 5.95 Å². The number of imidazole rings is 1. The summed E-state index contributed by atoms with van der Waals surface area (Å²) in [6.45, 7) is 0.663. The fraction of sp³-hybridized carbons (Fsp3) is 0.296. The van der Waals surface area contributed by atoms with Gasteiger partial charge in [0, 0.05) is 29.6 Å². The Kier molecular flexibility index (Phi) is 5.67. The average molecular weight is 472 g/mol. The maximum absolute atomic E-state index is 6.20. The molecule has 3 heterocycles. The van der Waals surface area contributed by atoms with Gasteiger partial charge in [-0.1, -0.05) is 41.9 Å². The molecule has 1 aliphatic carbocycles. The average Bonchev–Trinajstić information content (AvgIpc) is 3.48. The van der Waals surface area contributed by atoms with Crippen molar-refractivity contribution in [1.82, 2.24) is 19.5 Å². The Labute approximate surface area is 204 Å². The van der Waals surface area contributed by atoms with E-state index in [0.717, 1.165) is 55.6 Å². The minimum atomic E-state index is 0.321. The number of ether oxygens (including phenoxy) is 1. The molecule has 2 aromatic heterocycles. The molecule has 1 aliphatic heterocycles. The number of nitrogens with one attached hydrogen (secondary N) is 1. The third kappa shape index (κ3) is 4.14. The predicted molar refractivity (Wildman–Crippen MR) is 134 cm³/mol. The van der Waals surface area contributed by atoms with E-state index in [0.29, 0.717) is 23.6 Å². The van der Waals surface area contributed by atoms with Crippen LogP contribution in [0.15, 0.2) is 61.1 Å². The van der Waals surface area contributed by atoms with E-state index < -0.39 is 0 Å². The molecular weight excluding hydrogens is 446 g/mol. The summed E-state index contributed by atoms with van der Waals surface area (Å²) in [7, 11) is 0. The molecular formula is C27H26ClN5O. The third-order valence-corrected chi connectivity index (χ3v) is 6.90. The van der Waals surface area contributed by atoms with Crippen molar-refractivity contribution in [1.29, 1.82) is 0 Å². The van der Waals surface area contributed by atoms with Crippen molar-refractivity contribution in [3.05, 3.63) is 88.7 Å². The Bertz CT molecular complexity index is 1320. The summed E-state index contributed by atoms with van der Waals surface area (Å²) in [6, 6.07) is 16.7. The van der Waals surface area contributed by atoms with E-state index in [1.807, 2.05) is 22.8 Å². The number of benzene rings is 2. The summed E-state index contributed by atoms with van der Waals surface area (Å²) in [4.78, 5) is 14.2. The number of fused-ring (bicyclic) bond motifs is 6. The number of halogens is 1. The molecule has 0 amide bonds. The van der Waals surface area contributed by atoms with Crippen LogP contribution in [0.2, 0.25) is 5.15 Å². The second kappa shape index (κ2) is 9.11. The highest BCUT2D eigenvalue weighted by Gasteiger charge is 2.29. The highest BCUT2D eigenvalue weighted by Crippen LogP contribution is 2.39. The first-order valence-electron chi connectivity index (χ1n) is 11.9. The lowest BCUT2D eigenvalue weighted by Crippen LogP contribution is -2.08. The van der Waals surface area contributed by atoms with Crippen LogP contribution in [0.25, 0.3) is 5.69 Å². The molecule has 4 aromatic rings. The number of nitrogens with zero attached hydrogens (tertiary/aromatic N) is 4. The van der Waals surface area contributed by atoms with Crippen molar-refractivity contribution in [2.24, 2.45) is 0 Å². The first-order valence-corrected chi connectivity index (χ1v) is 12.3. The molecule has 7 heteroatoms. The van der Waals surface area contributed by atoms with Crippen LogP contribution in [0.1, 0.15) is 54.1 Å². The molecule has 6 rings (SSSR count). The molecule has 4 bridgehead atoms. The summed E-state index contributed by atoms with van der Waals surface area (Å²) in [5.74, 6) is 1.75. The van der Waals surface area contributed by atoms with Crippen molar-refractivity contribution in [2.75, 3.05) is 11.9 Å². The smallest absolute Gasteiger partial charge is 0.227 e. The van der Waals surface area contributed by atoms with Crippen LogP contribution in [0.4, 0.5) is 11.6 Å². The molecule has 1 atom stereocenters. The first kappa shape index (κ1) is 21.2. The van der Waals surface area contributed by atoms with Crippen molar-refractivity contribution in [2.45, 2.75) is 44.4 Å². The van der Waals surface area contributed by atoms with Crippen molar-refractivity contribution in [3.63, 3.8) is 0 Å². The molecule has 172 valence electrons. The minimum Gasteiger partial charge on any atom is -0.491 e. The molecule has 0 fully saturated rings. The molecule has 2 aromatic carbocycles. The van der Waals surface area contributed by atoms with E-state index in [-0.39, 0.29) is 0 Å². The number of hydrogen-bond donors (Lipinski definition) is 1. The standard InChI is InChI=1S/C27H26ClN5O/c28-25-16-33(17-29-25)23-13-10-19-15-24(23)34-14-6-2-5-9-22-21-12-11-20(18-7-3-1-4-8-18)26(21)32-27(30-19)31-22/h1,3-4,7-8,10,13,15-17,20H,2,5-6,9,11-12,14H2,(H,30,31,32). The summed E-state index contributed by atoms with van der Waals surface area (Å²) in [5.41, 5.74) is 6.84. The Morgan fingerprint density at radius 1 is 1.00 bits per heavy atom.